The number of ether oxygens (including phenoxy) is 1. The standard InChI is InChI=1S/C23H23ClN4O3/c1-23(2,31-16-11-9-15(24)10-12-16)22(30)26-20-19-17(14-7-5-4-6-8-14)13-18(29)25-21(19)28(3)27-20/h4-12,17H,13H2,1-3H3,(H,25,29)(H,26,27,30)/t17-/m0/s1. The number of carbonyl (C=O) groups is 2. The molecule has 0 saturated carbocycles. The van der Waals surface area contributed by atoms with Crippen molar-refractivity contribution in [2.24, 2.45) is 7.05 Å². The SMILES string of the molecule is Cn1nc(NC(=O)C(C)(C)Oc2ccc(Cl)cc2)c2c1NC(=O)C[C@H]2c1ccccc1. The van der Waals surface area contributed by atoms with E-state index in [4.69, 9.17) is 16.3 Å². The second-order valence-corrected chi connectivity index (χ2v) is 8.41. The largest absolute Gasteiger partial charge is 0.478 e. The number of anilines is 2. The molecule has 2 amide bonds. The van der Waals surface area contributed by atoms with Crippen LogP contribution in [0.15, 0.2) is 54.6 Å². The molecule has 0 aliphatic carbocycles. The Morgan fingerprint density at radius 1 is 1.19 bits per heavy atom. The second kappa shape index (κ2) is 8.07. The lowest BCUT2D eigenvalue weighted by atomic mass is 9.86. The lowest BCUT2D eigenvalue weighted by Crippen LogP contribution is -2.43. The molecule has 8 heteroatoms. The Labute approximate surface area is 185 Å². The molecule has 1 aliphatic heterocycles. The first kappa shape index (κ1) is 20.9. The molecule has 0 unspecified atom stereocenters. The van der Waals surface area contributed by atoms with E-state index < -0.39 is 5.60 Å². The van der Waals surface area contributed by atoms with E-state index in [9.17, 15) is 9.59 Å². The van der Waals surface area contributed by atoms with E-state index in [0.29, 0.717) is 22.4 Å². The van der Waals surface area contributed by atoms with Crippen LogP contribution in [0.25, 0.3) is 0 Å². The van der Waals surface area contributed by atoms with Crippen LogP contribution in [0.5, 0.6) is 5.75 Å². The number of fused-ring (bicyclic) bond motifs is 1. The molecule has 0 bridgehead atoms. The quantitative estimate of drug-likeness (QED) is 0.620. The van der Waals surface area contributed by atoms with E-state index in [1.807, 2.05) is 30.3 Å². The fourth-order valence-corrected chi connectivity index (χ4v) is 3.78. The van der Waals surface area contributed by atoms with Crippen LogP contribution in [0, 0.1) is 0 Å². The molecule has 7 nitrogen and oxygen atoms in total. The van der Waals surface area contributed by atoms with Gasteiger partial charge in [0.2, 0.25) is 5.91 Å². The summed E-state index contributed by atoms with van der Waals surface area (Å²) in [5, 5.41) is 10.8. The van der Waals surface area contributed by atoms with Gasteiger partial charge in [-0.3, -0.25) is 14.3 Å². The summed E-state index contributed by atoms with van der Waals surface area (Å²) >= 11 is 5.92. The summed E-state index contributed by atoms with van der Waals surface area (Å²) in [7, 11) is 1.73. The number of aromatic nitrogens is 2. The van der Waals surface area contributed by atoms with Crippen LogP contribution >= 0.6 is 11.6 Å². The molecule has 0 saturated heterocycles. The third kappa shape index (κ3) is 4.27. The molecule has 1 aliphatic rings. The van der Waals surface area contributed by atoms with Gasteiger partial charge in [-0.1, -0.05) is 41.9 Å². The smallest absolute Gasteiger partial charge is 0.269 e. The maximum absolute atomic E-state index is 13.1. The fourth-order valence-electron chi connectivity index (χ4n) is 3.65. The van der Waals surface area contributed by atoms with Gasteiger partial charge < -0.3 is 15.4 Å². The van der Waals surface area contributed by atoms with E-state index in [1.165, 1.54) is 0 Å². The van der Waals surface area contributed by atoms with E-state index in [-0.39, 0.29) is 24.2 Å². The number of amides is 2. The second-order valence-electron chi connectivity index (χ2n) is 7.97. The van der Waals surface area contributed by atoms with Crippen molar-refractivity contribution in [1.82, 2.24) is 9.78 Å². The summed E-state index contributed by atoms with van der Waals surface area (Å²) in [5.41, 5.74) is 0.598. The van der Waals surface area contributed by atoms with Gasteiger partial charge >= 0.3 is 0 Å². The highest BCUT2D eigenvalue weighted by atomic mass is 35.5. The van der Waals surface area contributed by atoms with Gasteiger partial charge in [0.1, 0.15) is 11.6 Å². The zero-order valence-electron chi connectivity index (χ0n) is 17.5. The molecular weight excluding hydrogens is 416 g/mol. The van der Waals surface area contributed by atoms with Crippen molar-refractivity contribution in [3.8, 4) is 5.75 Å². The Balaban J connectivity index is 1.63. The number of hydrogen-bond acceptors (Lipinski definition) is 4. The van der Waals surface area contributed by atoms with E-state index in [0.717, 1.165) is 11.1 Å². The molecular formula is C23H23ClN4O3. The predicted molar refractivity (Wildman–Crippen MR) is 120 cm³/mol. The van der Waals surface area contributed by atoms with Crippen molar-refractivity contribution < 1.29 is 14.3 Å². The number of hydrogen-bond donors (Lipinski definition) is 2. The Hall–Kier alpha value is -3.32. The van der Waals surface area contributed by atoms with Crippen LogP contribution < -0.4 is 15.4 Å². The minimum absolute atomic E-state index is 0.0892. The van der Waals surface area contributed by atoms with Crippen molar-refractivity contribution in [3.05, 3.63) is 70.7 Å². The van der Waals surface area contributed by atoms with E-state index in [1.54, 1.807) is 49.8 Å². The van der Waals surface area contributed by atoms with Gasteiger partial charge in [-0.25, -0.2) is 0 Å². The van der Waals surface area contributed by atoms with E-state index in [2.05, 4.69) is 15.7 Å². The van der Waals surface area contributed by atoms with Crippen molar-refractivity contribution in [2.75, 3.05) is 10.6 Å². The first-order valence-corrected chi connectivity index (χ1v) is 10.3. The third-order valence-electron chi connectivity index (χ3n) is 5.25. The molecule has 2 heterocycles. The van der Waals surface area contributed by atoms with Crippen molar-refractivity contribution in [3.63, 3.8) is 0 Å². The third-order valence-corrected chi connectivity index (χ3v) is 5.50. The van der Waals surface area contributed by atoms with Crippen LogP contribution in [0.4, 0.5) is 11.6 Å². The highest BCUT2D eigenvalue weighted by Crippen LogP contribution is 2.41. The van der Waals surface area contributed by atoms with Crippen LogP contribution in [-0.4, -0.2) is 27.2 Å². The summed E-state index contributed by atoms with van der Waals surface area (Å²) in [6, 6.07) is 16.6. The van der Waals surface area contributed by atoms with E-state index >= 15 is 0 Å². The average molecular weight is 439 g/mol. The molecule has 2 aromatic carbocycles. The minimum Gasteiger partial charge on any atom is -0.478 e. The normalized spacial score (nSPS) is 15.7. The molecule has 1 aromatic heterocycles. The number of benzene rings is 2. The molecule has 1 atom stereocenters. The van der Waals surface area contributed by atoms with Gasteiger partial charge in [0.25, 0.3) is 5.91 Å². The van der Waals surface area contributed by atoms with Gasteiger partial charge in [-0.15, -0.1) is 0 Å². The summed E-state index contributed by atoms with van der Waals surface area (Å²) in [5.74, 6) is 0.859. The van der Waals surface area contributed by atoms with Crippen LogP contribution in [-0.2, 0) is 16.6 Å². The molecule has 0 spiro atoms. The zero-order valence-corrected chi connectivity index (χ0v) is 18.2. The van der Waals surface area contributed by atoms with Gasteiger partial charge in [-0.05, 0) is 43.7 Å². The average Bonchev–Trinajstić information content (AvgIpc) is 3.04. The minimum atomic E-state index is -1.17. The van der Waals surface area contributed by atoms with Gasteiger partial charge in [-0.2, -0.15) is 5.10 Å². The number of nitrogens with zero attached hydrogens (tertiary/aromatic N) is 2. The van der Waals surface area contributed by atoms with Crippen molar-refractivity contribution in [1.29, 1.82) is 0 Å². The molecule has 0 fully saturated rings. The molecule has 31 heavy (non-hydrogen) atoms. The lowest BCUT2D eigenvalue weighted by molar-refractivity contribution is -0.128. The number of carbonyl (C=O) groups excluding carboxylic acids is 2. The summed E-state index contributed by atoms with van der Waals surface area (Å²) in [4.78, 5) is 25.4. The van der Waals surface area contributed by atoms with Crippen molar-refractivity contribution in [2.45, 2.75) is 31.8 Å². The van der Waals surface area contributed by atoms with Crippen LogP contribution in [0.1, 0.15) is 37.3 Å². The Morgan fingerprint density at radius 2 is 1.87 bits per heavy atom. The first-order chi connectivity index (χ1) is 14.7. The molecule has 0 radical (unpaired) electrons. The Bertz CT molecular complexity index is 1120. The highest BCUT2D eigenvalue weighted by molar-refractivity contribution is 6.30. The molecule has 160 valence electrons. The first-order valence-electron chi connectivity index (χ1n) is 9.92. The van der Waals surface area contributed by atoms with Gasteiger partial charge in [0.05, 0.1) is 0 Å². The highest BCUT2D eigenvalue weighted by Gasteiger charge is 2.36. The molecule has 2 N–H and O–H groups in total. The summed E-state index contributed by atoms with van der Waals surface area (Å²) < 4.78 is 7.47. The predicted octanol–water partition coefficient (Wildman–Crippen LogP) is 4.34. The van der Waals surface area contributed by atoms with Crippen LogP contribution in [0.2, 0.25) is 5.02 Å². The monoisotopic (exact) mass is 438 g/mol. The summed E-state index contributed by atoms with van der Waals surface area (Å²) in [6.07, 6.45) is 0.274. The topological polar surface area (TPSA) is 85.2 Å². The van der Waals surface area contributed by atoms with Crippen molar-refractivity contribution >= 4 is 35.1 Å². The number of aryl methyl sites for hydroxylation is 1. The fraction of sp³-hybridized carbons (Fsp3) is 0.261. The zero-order chi connectivity index (χ0) is 22.2. The maximum Gasteiger partial charge on any atom is 0.269 e. The maximum atomic E-state index is 13.1. The Morgan fingerprint density at radius 3 is 2.55 bits per heavy atom. The number of halogens is 1. The molecule has 4 rings (SSSR count). The van der Waals surface area contributed by atoms with Crippen LogP contribution in [0.3, 0.4) is 0 Å². The number of nitrogens with one attached hydrogen (secondary N) is 2. The lowest BCUT2D eigenvalue weighted by Gasteiger charge is -2.27. The Kier molecular flexibility index (Phi) is 5.45. The van der Waals surface area contributed by atoms with Gasteiger partial charge in [0.15, 0.2) is 11.4 Å². The molecule has 3 aromatic rings. The number of rotatable bonds is 5. The van der Waals surface area contributed by atoms with Gasteiger partial charge in [0, 0.05) is 30.0 Å². The summed E-state index contributed by atoms with van der Waals surface area (Å²) in [6.45, 7) is 3.37.